The molecular formula is C28H49NO. The first kappa shape index (κ1) is 25.4. The summed E-state index contributed by atoms with van der Waals surface area (Å²) in [4.78, 5) is 16.1. The zero-order chi connectivity index (χ0) is 21.6. The molecule has 0 aromatic carbocycles. The van der Waals surface area contributed by atoms with Crippen LogP contribution in [0.5, 0.6) is 0 Å². The summed E-state index contributed by atoms with van der Waals surface area (Å²) in [6.45, 7) is 12.2. The van der Waals surface area contributed by atoms with Gasteiger partial charge in [-0.15, -0.1) is 0 Å². The standard InChI is InChI=1S/C28H49NO/c1-4-6-8-10-12-27(30)21-22-28(29-3)26-19-17-25(18-20-26)24-15-13-23(14-16-24)11-9-7-5-2/h23-26,28H,4-22H2,1-2H3. The first-order valence-electron chi connectivity index (χ1n) is 13.6. The molecule has 0 N–H and O–H groups in total. The zero-order valence-corrected chi connectivity index (χ0v) is 20.2. The SMILES string of the molecule is [C-]#[N+]C(CCC(=O)CCCCCC)C1CCC(C2CCC(CCCCC)CC2)CC1. The van der Waals surface area contributed by atoms with Crippen molar-refractivity contribution in [1.82, 2.24) is 0 Å². The van der Waals surface area contributed by atoms with Gasteiger partial charge in [0, 0.05) is 25.2 Å². The summed E-state index contributed by atoms with van der Waals surface area (Å²) in [5.74, 6) is 3.84. The highest BCUT2D eigenvalue weighted by atomic mass is 16.1. The Bertz CT molecular complexity index is 491. The van der Waals surface area contributed by atoms with Gasteiger partial charge in [-0.3, -0.25) is 4.79 Å². The molecule has 0 aromatic rings. The number of ketones is 1. The largest absolute Gasteiger partial charge is 0.313 e. The van der Waals surface area contributed by atoms with Gasteiger partial charge < -0.3 is 4.85 Å². The third-order valence-corrected chi connectivity index (χ3v) is 8.33. The molecule has 2 aliphatic carbocycles. The number of Topliss-reactive ketones (excluding diaryl/α,β-unsaturated/α-hetero) is 1. The van der Waals surface area contributed by atoms with Crippen molar-refractivity contribution >= 4 is 5.78 Å². The van der Waals surface area contributed by atoms with Crippen LogP contribution in [-0.4, -0.2) is 11.8 Å². The highest BCUT2D eigenvalue weighted by Gasteiger charge is 2.35. The Hall–Kier alpha value is -0.840. The van der Waals surface area contributed by atoms with Crippen LogP contribution in [0.1, 0.15) is 136 Å². The number of rotatable bonds is 14. The number of unbranched alkanes of at least 4 members (excludes halogenated alkanes) is 5. The fourth-order valence-corrected chi connectivity index (χ4v) is 6.22. The van der Waals surface area contributed by atoms with Crippen molar-refractivity contribution in [2.75, 3.05) is 0 Å². The van der Waals surface area contributed by atoms with E-state index < -0.39 is 0 Å². The Morgan fingerprint density at radius 2 is 1.40 bits per heavy atom. The fraction of sp³-hybridized carbons (Fsp3) is 0.929. The Morgan fingerprint density at radius 3 is 2.00 bits per heavy atom. The molecule has 2 aliphatic rings. The van der Waals surface area contributed by atoms with Crippen molar-refractivity contribution in [3.8, 4) is 0 Å². The van der Waals surface area contributed by atoms with Gasteiger partial charge in [0.05, 0.1) is 0 Å². The van der Waals surface area contributed by atoms with Gasteiger partial charge >= 0.3 is 0 Å². The number of carbonyl (C=O) groups is 1. The van der Waals surface area contributed by atoms with Gasteiger partial charge in [-0.1, -0.05) is 71.6 Å². The minimum Gasteiger partial charge on any atom is -0.313 e. The van der Waals surface area contributed by atoms with E-state index in [2.05, 4.69) is 18.7 Å². The van der Waals surface area contributed by atoms with Crippen molar-refractivity contribution in [2.24, 2.45) is 23.7 Å². The summed E-state index contributed by atoms with van der Waals surface area (Å²) in [6.07, 6.45) is 23.6. The van der Waals surface area contributed by atoms with Crippen LogP contribution in [0.15, 0.2) is 0 Å². The van der Waals surface area contributed by atoms with Crippen LogP contribution in [-0.2, 0) is 4.79 Å². The highest BCUT2D eigenvalue weighted by Crippen LogP contribution is 2.43. The van der Waals surface area contributed by atoms with E-state index in [4.69, 9.17) is 6.57 Å². The van der Waals surface area contributed by atoms with Crippen LogP contribution >= 0.6 is 0 Å². The molecule has 0 aliphatic heterocycles. The van der Waals surface area contributed by atoms with Gasteiger partial charge in [0.15, 0.2) is 0 Å². The van der Waals surface area contributed by atoms with Crippen LogP contribution in [0.25, 0.3) is 4.85 Å². The Labute approximate surface area is 187 Å². The molecule has 30 heavy (non-hydrogen) atoms. The highest BCUT2D eigenvalue weighted by molar-refractivity contribution is 5.78. The molecule has 2 fully saturated rings. The maximum absolute atomic E-state index is 12.2. The monoisotopic (exact) mass is 415 g/mol. The molecule has 1 atom stereocenters. The molecule has 0 bridgehead atoms. The van der Waals surface area contributed by atoms with E-state index >= 15 is 0 Å². The lowest BCUT2D eigenvalue weighted by molar-refractivity contribution is -0.119. The second-order valence-electron chi connectivity index (χ2n) is 10.5. The smallest absolute Gasteiger partial charge is 0.226 e. The summed E-state index contributed by atoms with van der Waals surface area (Å²) in [6, 6.07) is 0.0971. The molecular weight excluding hydrogens is 366 g/mol. The average Bonchev–Trinajstić information content (AvgIpc) is 2.78. The molecule has 2 heteroatoms. The van der Waals surface area contributed by atoms with Gasteiger partial charge in [-0.25, -0.2) is 6.57 Å². The quantitative estimate of drug-likeness (QED) is 0.205. The van der Waals surface area contributed by atoms with Crippen LogP contribution in [0.2, 0.25) is 0 Å². The maximum Gasteiger partial charge on any atom is 0.226 e. The molecule has 2 rings (SSSR count). The Morgan fingerprint density at radius 1 is 0.800 bits per heavy atom. The average molecular weight is 416 g/mol. The van der Waals surface area contributed by atoms with Crippen LogP contribution in [0.3, 0.4) is 0 Å². The Kier molecular flexibility index (Phi) is 12.7. The summed E-state index contributed by atoms with van der Waals surface area (Å²) >= 11 is 0. The van der Waals surface area contributed by atoms with E-state index in [-0.39, 0.29) is 6.04 Å². The molecule has 2 nitrogen and oxygen atoms in total. The van der Waals surface area contributed by atoms with Crippen molar-refractivity contribution in [3.63, 3.8) is 0 Å². The second-order valence-corrected chi connectivity index (χ2v) is 10.5. The van der Waals surface area contributed by atoms with Gasteiger partial charge in [0.1, 0.15) is 5.78 Å². The van der Waals surface area contributed by atoms with E-state index in [0.29, 0.717) is 18.1 Å². The van der Waals surface area contributed by atoms with Crippen molar-refractivity contribution in [1.29, 1.82) is 0 Å². The van der Waals surface area contributed by atoms with Gasteiger partial charge in [-0.05, 0) is 62.7 Å². The van der Waals surface area contributed by atoms with Gasteiger partial charge in [0.2, 0.25) is 6.04 Å². The third-order valence-electron chi connectivity index (χ3n) is 8.33. The van der Waals surface area contributed by atoms with Crippen molar-refractivity contribution in [3.05, 3.63) is 11.4 Å². The summed E-state index contributed by atoms with van der Waals surface area (Å²) < 4.78 is 0. The minimum atomic E-state index is 0.0971. The first-order valence-corrected chi connectivity index (χ1v) is 13.6. The first-order chi connectivity index (χ1) is 14.7. The molecule has 0 saturated heterocycles. The molecule has 0 heterocycles. The van der Waals surface area contributed by atoms with Crippen LogP contribution in [0, 0.1) is 30.2 Å². The predicted molar refractivity (Wildman–Crippen MR) is 128 cm³/mol. The molecule has 0 amide bonds. The lowest BCUT2D eigenvalue weighted by Crippen LogP contribution is -2.29. The topological polar surface area (TPSA) is 21.4 Å². The number of carbonyl (C=O) groups excluding carboxylic acids is 1. The maximum atomic E-state index is 12.2. The molecule has 0 radical (unpaired) electrons. The van der Waals surface area contributed by atoms with E-state index in [0.717, 1.165) is 37.0 Å². The summed E-state index contributed by atoms with van der Waals surface area (Å²) in [7, 11) is 0. The predicted octanol–water partition coefficient (Wildman–Crippen LogP) is 8.79. The molecule has 0 spiro atoms. The van der Waals surface area contributed by atoms with E-state index in [9.17, 15) is 4.79 Å². The van der Waals surface area contributed by atoms with Crippen molar-refractivity contribution in [2.45, 2.75) is 142 Å². The normalized spacial score (nSPS) is 28.0. The summed E-state index contributed by atoms with van der Waals surface area (Å²) in [5.41, 5.74) is 0. The molecule has 2 saturated carbocycles. The minimum absolute atomic E-state index is 0.0971. The van der Waals surface area contributed by atoms with Crippen molar-refractivity contribution < 1.29 is 4.79 Å². The molecule has 1 unspecified atom stereocenters. The lowest BCUT2D eigenvalue weighted by Gasteiger charge is -2.38. The van der Waals surface area contributed by atoms with Gasteiger partial charge in [0.25, 0.3) is 0 Å². The van der Waals surface area contributed by atoms with Crippen LogP contribution in [0.4, 0.5) is 0 Å². The van der Waals surface area contributed by atoms with E-state index in [1.165, 1.54) is 96.3 Å². The second kappa shape index (κ2) is 15.0. The molecule has 172 valence electrons. The third kappa shape index (κ3) is 9.11. The number of hydrogen-bond acceptors (Lipinski definition) is 1. The summed E-state index contributed by atoms with van der Waals surface area (Å²) in [5, 5.41) is 0. The van der Waals surface area contributed by atoms with Gasteiger partial charge in [-0.2, -0.15) is 0 Å². The lowest BCUT2D eigenvalue weighted by atomic mass is 9.67. The number of hydrogen-bond donors (Lipinski definition) is 0. The van der Waals surface area contributed by atoms with E-state index in [1.807, 2.05) is 0 Å². The van der Waals surface area contributed by atoms with E-state index in [1.54, 1.807) is 0 Å². The number of nitrogens with zero attached hydrogens (tertiary/aromatic N) is 1. The molecule has 0 aromatic heterocycles. The fourth-order valence-electron chi connectivity index (χ4n) is 6.22. The Balaban J connectivity index is 1.63. The zero-order valence-electron chi connectivity index (χ0n) is 20.2. The van der Waals surface area contributed by atoms with Crippen LogP contribution < -0.4 is 0 Å².